The average Bonchev–Trinajstić information content (AvgIpc) is 2.14. The highest BCUT2D eigenvalue weighted by atomic mass is 79.9. The summed E-state index contributed by atoms with van der Waals surface area (Å²) in [5.74, 6) is 2.13. The molecule has 0 atom stereocenters. The van der Waals surface area contributed by atoms with Crippen molar-refractivity contribution in [1.29, 1.82) is 0 Å². The van der Waals surface area contributed by atoms with Crippen LogP contribution in [0.25, 0.3) is 0 Å². The van der Waals surface area contributed by atoms with Gasteiger partial charge in [0, 0.05) is 28.2 Å². The van der Waals surface area contributed by atoms with Crippen LogP contribution in [0.1, 0.15) is 5.56 Å². The SMILES string of the molecule is CN(C)CCSCc1ccc(Br)cc1N. The minimum absolute atomic E-state index is 0.877. The van der Waals surface area contributed by atoms with Crippen molar-refractivity contribution in [2.45, 2.75) is 5.75 Å². The van der Waals surface area contributed by atoms with Gasteiger partial charge in [0.05, 0.1) is 0 Å². The van der Waals surface area contributed by atoms with E-state index in [-0.39, 0.29) is 0 Å². The van der Waals surface area contributed by atoms with E-state index < -0.39 is 0 Å². The first-order valence-electron chi connectivity index (χ1n) is 4.86. The molecule has 0 aromatic heterocycles. The summed E-state index contributed by atoms with van der Waals surface area (Å²) in [7, 11) is 4.18. The Bertz CT molecular complexity index is 315. The molecule has 2 nitrogen and oxygen atoms in total. The molecule has 0 bridgehead atoms. The number of nitrogens with two attached hydrogens (primary N) is 1. The second-order valence-corrected chi connectivity index (χ2v) is 5.72. The predicted molar refractivity (Wildman–Crippen MR) is 73.3 cm³/mol. The van der Waals surface area contributed by atoms with E-state index in [9.17, 15) is 0 Å². The molecule has 4 heteroatoms. The number of hydrogen-bond donors (Lipinski definition) is 1. The van der Waals surface area contributed by atoms with Crippen LogP contribution < -0.4 is 5.73 Å². The van der Waals surface area contributed by atoms with Crippen molar-refractivity contribution < 1.29 is 0 Å². The minimum atomic E-state index is 0.877. The molecule has 0 heterocycles. The zero-order valence-electron chi connectivity index (χ0n) is 9.16. The number of hydrogen-bond acceptors (Lipinski definition) is 3. The quantitative estimate of drug-likeness (QED) is 0.667. The van der Waals surface area contributed by atoms with Crippen LogP contribution in [-0.4, -0.2) is 31.3 Å². The lowest BCUT2D eigenvalue weighted by Crippen LogP contribution is -2.14. The number of nitrogen functional groups attached to an aromatic ring is 1. The summed E-state index contributed by atoms with van der Waals surface area (Å²) in [6.45, 7) is 1.11. The maximum Gasteiger partial charge on any atom is 0.0366 e. The van der Waals surface area contributed by atoms with E-state index in [0.29, 0.717) is 0 Å². The highest BCUT2D eigenvalue weighted by Gasteiger charge is 2.00. The highest BCUT2D eigenvalue weighted by molar-refractivity contribution is 9.10. The Labute approximate surface area is 104 Å². The van der Waals surface area contributed by atoms with Crippen LogP contribution in [-0.2, 0) is 5.75 Å². The van der Waals surface area contributed by atoms with Gasteiger partial charge in [0.2, 0.25) is 0 Å². The summed E-state index contributed by atoms with van der Waals surface area (Å²) in [6.07, 6.45) is 0. The monoisotopic (exact) mass is 288 g/mol. The first-order chi connectivity index (χ1) is 7.09. The van der Waals surface area contributed by atoms with Gasteiger partial charge in [0.25, 0.3) is 0 Å². The minimum Gasteiger partial charge on any atom is -0.398 e. The number of halogens is 1. The van der Waals surface area contributed by atoms with E-state index in [4.69, 9.17) is 5.73 Å². The Morgan fingerprint density at radius 3 is 2.73 bits per heavy atom. The van der Waals surface area contributed by atoms with E-state index in [2.05, 4.69) is 41.0 Å². The number of rotatable bonds is 5. The summed E-state index contributed by atoms with van der Waals surface area (Å²) in [6, 6.07) is 6.09. The largest absolute Gasteiger partial charge is 0.398 e. The number of thioether (sulfide) groups is 1. The molecule has 15 heavy (non-hydrogen) atoms. The highest BCUT2D eigenvalue weighted by Crippen LogP contribution is 2.22. The molecule has 84 valence electrons. The lowest BCUT2D eigenvalue weighted by molar-refractivity contribution is 0.437. The van der Waals surface area contributed by atoms with Crippen LogP contribution in [0.2, 0.25) is 0 Å². The van der Waals surface area contributed by atoms with E-state index in [0.717, 1.165) is 28.2 Å². The maximum atomic E-state index is 5.91. The maximum absolute atomic E-state index is 5.91. The van der Waals surface area contributed by atoms with Crippen LogP contribution in [0, 0.1) is 0 Å². The standard InChI is InChI=1S/C11H17BrN2S/c1-14(2)5-6-15-8-9-3-4-10(12)7-11(9)13/h3-4,7H,5-6,8,13H2,1-2H3. The first-order valence-corrected chi connectivity index (χ1v) is 6.80. The van der Waals surface area contributed by atoms with E-state index >= 15 is 0 Å². The Balaban J connectivity index is 2.37. The van der Waals surface area contributed by atoms with Crippen molar-refractivity contribution >= 4 is 33.4 Å². The number of nitrogens with zero attached hydrogens (tertiary/aromatic N) is 1. The number of benzene rings is 1. The van der Waals surface area contributed by atoms with Crippen molar-refractivity contribution in [1.82, 2.24) is 4.90 Å². The van der Waals surface area contributed by atoms with Gasteiger partial charge in [-0.3, -0.25) is 0 Å². The molecule has 1 aromatic rings. The van der Waals surface area contributed by atoms with Crippen LogP contribution in [0.3, 0.4) is 0 Å². The van der Waals surface area contributed by atoms with E-state index in [1.165, 1.54) is 5.56 Å². The lowest BCUT2D eigenvalue weighted by Gasteiger charge is -2.09. The summed E-state index contributed by atoms with van der Waals surface area (Å²) in [5.41, 5.74) is 8.01. The second-order valence-electron chi connectivity index (χ2n) is 3.70. The molecular formula is C11H17BrN2S. The molecule has 0 spiro atoms. The second kappa shape index (κ2) is 6.40. The van der Waals surface area contributed by atoms with Gasteiger partial charge >= 0.3 is 0 Å². The van der Waals surface area contributed by atoms with Gasteiger partial charge in [-0.2, -0.15) is 11.8 Å². The Morgan fingerprint density at radius 1 is 1.40 bits per heavy atom. The van der Waals surface area contributed by atoms with Crippen molar-refractivity contribution in [2.24, 2.45) is 0 Å². The molecule has 0 aliphatic heterocycles. The lowest BCUT2D eigenvalue weighted by atomic mass is 10.2. The molecule has 0 fully saturated rings. The molecule has 1 rings (SSSR count). The number of anilines is 1. The molecule has 0 unspecified atom stereocenters. The summed E-state index contributed by atoms with van der Waals surface area (Å²) in [5, 5.41) is 0. The molecule has 0 saturated carbocycles. The molecule has 0 amide bonds. The van der Waals surface area contributed by atoms with Crippen LogP contribution in [0.5, 0.6) is 0 Å². The van der Waals surface area contributed by atoms with Crippen molar-refractivity contribution in [3.63, 3.8) is 0 Å². The fourth-order valence-electron chi connectivity index (χ4n) is 1.13. The van der Waals surface area contributed by atoms with Gasteiger partial charge in [0.15, 0.2) is 0 Å². The van der Waals surface area contributed by atoms with E-state index in [1.807, 2.05) is 23.9 Å². The van der Waals surface area contributed by atoms with Gasteiger partial charge < -0.3 is 10.6 Å². The van der Waals surface area contributed by atoms with Crippen molar-refractivity contribution in [3.8, 4) is 0 Å². The van der Waals surface area contributed by atoms with Crippen LogP contribution in [0.15, 0.2) is 22.7 Å². The fraction of sp³-hybridized carbons (Fsp3) is 0.455. The van der Waals surface area contributed by atoms with Crippen LogP contribution >= 0.6 is 27.7 Å². The Morgan fingerprint density at radius 2 is 2.13 bits per heavy atom. The van der Waals surface area contributed by atoms with Crippen molar-refractivity contribution in [2.75, 3.05) is 32.1 Å². The summed E-state index contributed by atoms with van der Waals surface area (Å²) in [4.78, 5) is 2.19. The Kier molecular flexibility index (Phi) is 5.50. The van der Waals surface area contributed by atoms with Gasteiger partial charge in [0.1, 0.15) is 0 Å². The molecule has 1 aromatic carbocycles. The predicted octanol–water partition coefficient (Wildman–Crippen LogP) is 2.83. The third-order valence-electron chi connectivity index (χ3n) is 2.05. The molecule has 0 aliphatic rings. The van der Waals surface area contributed by atoms with Crippen molar-refractivity contribution in [3.05, 3.63) is 28.2 Å². The zero-order chi connectivity index (χ0) is 11.3. The van der Waals surface area contributed by atoms with Gasteiger partial charge in [-0.25, -0.2) is 0 Å². The smallest absolute Gasteiger partial charge is 0.0366 e. The summed E-state index contributed by atoms with van der Waals surface area (Å²) < 4.78 is 1.04. The molecule has 0 saturated heterocycles. The molecule has 2 N–H and O–H groups in total. The molecule has 0 aliphatic carbocycles. The third-order valence-corrected chi connectivity index (χ3v) is 3.53. The topological polar surface area (TPSA) is 29.3 Å². The normalized spacial score (nSPS) is 10.9. The first kappa shape index (κ1) is 12.9. The molecule has 0 radical (unpaired) electrons. The van der Waals surface area contributed by atoms with E-state index in [1.54, 1.807) is 0 Å². The third kappa shape index (κ3) is 4.91. The van der Waals surface area contributed by atoms with Gasteiger partial charge in [-0.05, 0) is 31.8 Å². The summed E-state index contributed by atoms with van der Waals surface area (Å²) >= 11 is 5.32. The zero-order valence-corrected chi connectivity index (χ0v) is 11.6. The van der Waals surface area contributed by atoms with Gasteiger partial charge in [-0.1, -0.05) is 22.0 Å². The average molecular weight is 289 g/mol. The van der Waals surface area contributed by atoms with Crippen LogP contribution in [0.4, 0.5) is 5.69 Å². The fourth-order valence-corrected chi connectivity index (χ4v) is 2.63. The molecular weight excluding hydrogens is 272 g/mol. The Hall–Kier alpha value is -0.190. The van der Waals surface area contributed by atoms with Gasteiger partial charge in [-0.15, -0.1) is 0 Å².